The summed E-state index contributed by atoms with van der Waals surface area (Å²) in [5.74, 6) is -0.157. The summed E-state index contributed by atoms with van der Waals surface area (Å²) in [5, 5.41) is 20.2. The van der Waals surface area contributed by atoms with Gasteiger partial charge in [-0.1, -0.05) is 35.6 Å². The van der Waals surface area contributed by atoms with Crippen molar-refractivity contribution in [3.05, 3.63) is 75.0 Å². The van der Waals surface area contributed by atoms with Gasteiger partial charge in [-0.15, -0.1) is 10.2 Å². The quantitative estimate of drug-likeness (QED) is 0.550. The van der Waals surface area contributed by atoms with Crippen LogP contribution in [0.25, 0.3) is 16.5 Å². The molecule has 0 unspecified atom stereocenters. The van der Waals surface area contributed by atoms with Gasteiger partial charge in [-0.25, -0.2) is 9.56 Å². The van der Waals surface area contributed by atoms with Crippen molar-refractivity contribution < 1.29 is 5.11 Å². The first-order valence-electron chi connectivity index (χ1n) is 8.31. The average Bonchev–Trinajstić information content (AvgIpc) is 3.18. The maximum absolute atomic E-state index is 13.1. The predicted octanol–water partition coefficient (Wildman–Crippen LogP) is 3.92. The second-order valence-electron chi connectivity index (χ2n) is 6.17. The molecule has 0 atom stereocenters. The molecule has 0 spiro atoms. The SMILES string of the molecule is Cc1ccc(-n2c(O)c(/C=N/c3nncs3)c3ccccc3c2=O)cc1C. The number of aryl methyl sites for hydroxylation is 2. The van der Waals surface area contributed by atoms with Gasteiger partial charge in [0.15, 0.2) is 0 Å². The zero-order chi connectivity index (χ0) is 19.0. The second-order valence-corrected chi connectivity index (χ2v) is 6.98. The third-order valence-corrected chi connectivity index (χ3v) is 5.10. The lowest BCUT2D eigenvalue weighted by molar-refractivity contribution is 0.436. The molecule has 0 fully saturated rings. The number of rotatable bonds is 3. The first kappa shape index (κ1) is 17.1. The fourth-order valence-electron chi connectivity index (χ4n) is 2.94. The van der Waals surface area contributed by atoms with E-state index in [0.29, 0.717) is 27.2 Å². The minimum absolute atomic E-state index is 0.157. The topological polar surface area (TPSA) is 80.4 Å². The summed E-state index contributed by atoms with van der Waals surface area (Å²) in [7, 11) is 0. The van der Waals surface area contributed by atoms with Gasteiger partial charge in [0.25, 0.3) is 5.56 Å². The molecule has 2 heterocycles. The monoisotopic (exact) mass is 376 g/mol. The smallest absolute Gasteiger partial charge is 0.265 e. The Balaban J connectivity index is 2.02. The van der Waals surface area contributed by atoms with Crippen LogP contribution in [0.3, 0.4) is 0 Å². The molecule has 0 aliphatic heterocycles. The van der Waals surface area contributed by atoms with Crippen LogP contribution in [-0.4, -0.2) is 26.1 Å². The van der Waals surface area contributed by atoms with Gasteiger partial charge in [0, 0.05) is 17.0 Å². The highest BCUT2D eigenvalue weighted by atomic mass is 32.1. The Morgan fingerprint density at radius 2 is 1.89 bits per heavy atom. The summed E-state index contributed by atoms with van der Waals surface area (Å²) < 4.78 is 1.32. The molecule has 27 heavy (non-hydrogen) atoms. The summed E-state index contributed by atoms with van der Waals surface area (Å²) in [6.07, 6.45) is 1.52. The molecule has 134 valence electrons. The van der Waals surface area contributed by atoms with Crippen molar-refractivity contribution >= 4 is 33.5 Å². The van der Waals surface area contributed by atoms with Gasteiger partial charge in [0.05, 0.1) is 11.3 Å². The Morgan fingerprint density at radius 1 is 1.11 bits per heavy atom. The minimum Gasteiger partial charge on any atom is -0.494 e. The standard InChI is InChI=1S/C20H16N4O2S/c1-12-7-8-14(9-13(12)2)24-18(25)16-6-4-3-5-15(16)17(19(24)26)10-21-20-23-22-11-27-20/h3-11,26H,1-2H3/b21-10+. The molecule has 0 bridgehead atoms. The first-order valence-corrected chi connectivity index (χ1v) is 9.19. The molecule has 6 nitrogen and oxygen atoms in total. The van der Waals surface area contributed by atoms with Crippen molar-refractivity contribution in [2.75, 3.05) is 0 Å². The van der Waals surface area contributed by atoms with E-state index in [2.05, 4.69) is 15.2 Å². The molecule has 0 saturated heterocycles. The zero-order valence-electron chi connectivity index (χ0n) is 14.7. The van der Waals surface area contributed by atoms with Gasteiger partial charge in [-0.2, -0.15) is 0 Å². The Bertz CT molecular complexity index is 1230. The summed E-state index contributed by atoms with van der Waals surface area (Å²) in [5.41, 5.74) is 4.52. The summed E-state index contributed by atoms with van der Waals surface area (Å²) in [6.45, 7) is 3.97. The number of hydrogen-bond acceptors (Lipinski definition) is 6. The van der Waals surface area contributed by atoms with Gasteiger partial charge >= 0.3 is 0 Å². The number of fused-ring (bicyclic) bond motifs is 1. The molecule has 0 amide bonds. The van der Waals surface area contributed by atoms with Crippen LogP contribution in [0.5, 0.6) is 5.88 Å². The lowest BCUT2D eigenvalue weighted by Crippen LogP contribution is -2.20. The van der Waals surface area contributed by atoms with Crippen molar-refractivity contribution in [2.24, 2.45) is 4.99 Å². The highest BCUT2D eigenvalue weighted by molar-refractivity contribution is 7.13. The van der Waals surface area contributed by atoms with E-state index in [-0.39, 0.29) is 11.4 Å². The number of nitrogens with zero attached hydrogens (tertiary/aromatic N) is 4. The maximum Gasteiger partial charge on any atom is 0.265 e. The molecule has 1 N–H and O–H groups in total. The van der Waals surface area contributed by atoms with Gasteiger partial charge in [0.2, 0.25) is 11.0 Å². The fraction of sp³-hybridized carbons (Fsp3) is 0.100. The number of aliphatic imine (C=N–C) groups is 1. The third kappa shape index (κ3) is 3.02. The highest BCUT2D eigenvalue weighted by Crippen LogP contribution is 2.27. The van der Waals surface area contributed by atoms with E-state index in [1.54, 1.807) is 23.7 Å². The molecule has 2 aromatic heterocycles. The van der Waals surface area contributed by atoms with Crippen LogP contribution >= 0.6 is 11.3 Å². The van der Waals surface area contributed by atoms with Crippen LogP contribution in [0.1, 0.15) is 16.7 Å². The molecular formula is C20H16N4O2S. The molecule has 7 heteroatoms. The van der Waals surface area contributed by atoms with Gasteiger partial charge in [-0.3, -0.25) is 4.79 Å². The average molecular weight is 376 g/mol. The highest BCUT2D eigenvalue weighted by Gasteiger charge is 2.16. The van der Waals surface area contributed by atoms with E-state index in [0.717, 1.165) is 11.1 Å². The summed E-state index contributed by atoms with van der Waals surface area (Å²) in [6, 6.07) is 12.8. The Hall–Kier alpha value is -3.32. The number of aromatic hydroxyl groups is 1. The van der Waals surface area contributed by atoms with E-state index in [1.165, 1.54) is 22.1 Å². The Morgan fingerprint density at radius 3 is 2.59 bits per heavy atom. The van der Waals surface area contributed by atoms with Gasteiger partial charge in [0.1, 0.15) is 5.51 Å². The van der Waals surface area contributed by atoms with Crippen molar-refractivity contribution in [2.45, 2.75) is 13.8 Å². The van der Waals surface area contributed by atoms with Crippen molar-refractivity contribution in [3.8, 4) is 11.6 Å². The fourth-order valence-corrected chi connectivity index (χ4v) is 3.33. The molecule has 0 saturated carbocycles. The van der Waals surface area contributed by atoms with Crippen LogP contribution in [0, 0.1) is 13.8 Å². The number of aromatic nitrogens is 3. The number of hydrogen-bond donors (Lipinski definition) is 1. The molecule has 4 rings (SSSR count). The van der Waals surface area contributed by atoms with Crippen LogP contribution < -0.4 is 5.56 Å². The van der Waals surface area contributed by atoms with Crippen molar-refractivity contribution in [1.82, 2.24) is 14.8 Å². The van der Waals surface area contributed by atoms with Crippen molar-refractivity contribution in [1.29, 1.82) is 0 Å². The van der Waals surface area contributed by atoms with E-state index < -0.39 is 0 Å². The predicted molar refractivity (Wildman–Crippen MR) is 108 cm³/mol. The molecule has 0 aliphatic carbocycles. The molecule has 4 aromatic rings. The van der Waals surface area contributed by atoms with Gasteiger partial charge in [-0.05, 0) is 43.2 Å². The van der Waals surface area contributed by atoms with E-state index >= 15 is 0 Å². The molecule has 2 aromatic carbocycles. The van der Waals surface area contributed by atoms with Crippen LogP contribution in [-0.2, 0) is 0 Å². The normalized spacial score (nSPS) is 11.5. The minimum atomic E-state index is -0.278. The Kier molecular flexibility index (Phi) is 4.29. The largest absolute Gasteiger partial charge is 0.494 e. The number of benzene rings is 2. The van der Waals surface area contributed by atoms with E-state index in [9.17, 15) is 9.90 Å². The molecule has 0 radical (unpaired) electrons. The molecular weight excluding hydrogens is 360 g/mol. The Labute approximate surface area is 159 Å². The molecule has 0 aliphatic rings. The zero-order valence-corrected chi connectivity index (χ0v) is 15.6. The maximum atomic E-state index is 13.1. The summed E-state index contributed by atoms with van der Waals surface area (Å²) in [4.78, 5) is 17.4. The lowest BCUT2D eigenvalue weighted by Gasteiger charge is -2.14. The van der Waals surface area contributed by atoms with Crippen LogP contribution in [0.2, 0.25) is 0 Å². The number of pyridine rings is 1. The van der Waals surface area contributed by atoms with Gasteiger partial charge < -0.3 is 5.11 Å². The van der Waals surface area contributed by atoms with Crippen LogP contribution in [0.4, 0.5) is 5.13 Å². The van der Waals surface area contributed by atoms with Crippen molar-refractivity contribution in [3.63, 3.8) is 0 Å². The lowest BCUT2D eigenvalue weighted by atomic mass is 10.1. The van der Waals surface area contributed by atoms with E-state index in [4.69, 9.17) is 0 Å². The van der Waals surface area contributed by atoms with E-state index in [1.807, 2.05) is 38.1 Å². The first-order chi connectivity index (χ1) is 13.1. The second kappa shape index (κ2) is 6.77. The summed E-state index contributed by atoms with van der Waals surface area (Å²) >= 11 is 1.29. The van der Waals surface area contributed by atoms with Crippen LogP contribution in [0.15, 0.2) is 57.8 Å². The third-order valence-electron chi connectivity index (χ3n) is 4.50.